The molecular weight excluding hydrogens is 451 g/mol. The van der Waals surface area contributed by atoms with Crippen LogP contribution in [0.3, 0.4) is 0 Å². The Kier molecular flexibility index (Phi) is 4.18. The summed E-state index contributed by atoms with van der Waals surface area (Å²) in [4.78, 5) is 33.0. The minimum Gasteiger partial charge on any atom is -0.450 e. The van der Waals surface area contributed by atoms with Crippen molar-refractivity contribution in [3.8, 4) is 0 Å². The van der Waals surface area contributed by atoms with Crippen LogP contribution in [0.25, 0.3) is 21.2 Å². The van der Waals surface area contributed by atoms with Crippen LogP contribution in [0.2, 0.25) is 5.02 Å². The number of hydrogen-bond acceptors (Lipinski definition) is 5. The third-order valence-corrected chi connectivity index (χ3v) is 6.74. The molecule has 0 spiro atoms. The van der Waals surface area contributed by atoms with Crippen molar-refractivity contribution in [1.29, 1.82) is 0 Å². The standard InChI is InChI=1S/C24H12ClFN2O3S/c25-13-5-3-4-12(10-13)20-19-21(29)15-6-1-2-7-17(15)31-22(19)23(30)28(20)24-27-16-9-8-14(26)11-18(16)32-24/h1-11,20H. The zero-order valence-corrected chi connectivity index (χ0v) is 17.8. The Balaban J connectivity index is 1.65. The fourth-order valence-electron chi connectivity index (χ4n) is 4.10. The van der Waals surface area contributed by atoms with Crippen LogP contribution in [0.1, 0.15) is 27.7 Å². The van der Waals surface area contributed by atoms with E-state index in [2.05, 4.69) is 4.98 Å². The molecule has 5 aromatic rings. The SMILES string of the molecule is O=C1c2oc3ccccc3c(=O)c2C(c2cccc(Cl)c2)N1c1nc2ccc(F)cc2s1. The summed E-state index contributed by atoms with van der Waals surface area (Å²) in [6.45, 7) is 0. The lowest BCUT2D eigenvalue weighted by Gasteiger charge is -2.22. The number of nitrogens with zero attached hydrogens (tertiary/aromatic N) is 2. The van der Waals surface area contributed by atoms with Crippen LogP contribution in [0.15, 0.2) is 75.9 Å². The first-order valence-electron chi connectivity index (χ1n) is 9.72. The van der Waals surface area contributed by atoms with E-state index < -0.39 is 17.8 Å². The Labute approximate surface area is 189 Å². The molecule has 0 bridgehead atoms. The fourth-order valence-corrected chi connectivity index (χ4v) is 5.31. The van der Waals surface area contributed by atoms with Crippen LogP contribution in [0.4, 0.5) is 9.52 Å². The molecular formula is C24H12ClFN2O3S. The summed E-state index contributed by atoms with van der Waals surface area (Å²) in [7, 11) is 0. The van der Waals surface area contributed by atoms with E-state index in [1.165, 1.54) is 28.4 Å². The van der Waals surface area contributed by atoms with Crippen LogP contribution in [-0.4, -0.2) is 10.9 Å². The van der Waals surface area contributed by atoms with Crippen LogP contribution in [-0.2, 0) is 0 Å². The Morgan fingerprint density at radius 3 is 2.72 bits per heavy atom. The number of halogens is 2. The molecule has 5 nitrogen and oxygen atoms in total. The molecule has 1 aliphatic heterocycles. The summed E-state index contributed by atoms with van der Waals surface area (Å²) in [5.41, 5.74) is 1.50. The minimum atomic E-state index is -0.775. The normalized spacial score (nSPS) is 15.6. The molecule has 2 aromatic heterocycles. The molecule has 0 N–H and O–H groups in total. The first-order valence-corrected chi connectivity index (χ1v) is 10.9. The lowest BCUT2D eigenvalue weighted by atomic mass is 9.99. The highest BCUT2D eigenvalue weighted by Gasteiger charge is 2.45. The number of hydrogen-bond donors (Lipinski definition) is 0. The van der Waals surface area contributed by atoms with E-state index in [9.17, 15) is 14.0 Å². The third kappa shape index (κ3) is 2.78. The number of carbonyl (C=O) groups is 1. The van der Waals surface area contributed by atoms with E-state index in [4.69, 9.17) is 16.0 Å². The Bertz CT molecular complexity index is 1630. The molecule has 32 heavy (non-hydrogen) atoms. The average molecular weight is 463 g/mol. The molecule has 1 unspecified atom stereocenters. The summed E-state index contributed by atoms with van der Waals surface area (Å²) in [5.74, 6) is -0.894. The lowest BCUT2D eigenvalue weighted by Crippen LogP contribution is -2.29. The predicted molar refractivity (Wildman–Crippen MR) is 122 cm³/mol. The fraction of sp³-hybridized carbons (Fsp3) is 0.0417. The largest absolute Gasteiger partial charge is 0.450 e. The highest BCUT2D eigenvalue weighted by molar-refractivity contribution is 7.22. The van der Waals surface area contributed by atoms with Gasteiger partial charge in [0.15, 0.2) is 10.6 Å². The van der Waals surface area contributed by atoms with Gasteiger partial charge in [-0.2, -0.15) is 0 Å². The third-order valence-electron chi connectivity index (χ3n) is 5.49. The first kappa shape index (κ1) is 19.2. The van der Waals surface area contributed by atoms with Gasteiger partial charge in [0, 0.05) is 5.02 Å². The molecule has 1 amide bonds. The molecule has 3 heterocycles. The molecule has 3 aromatic carbocycles. The number of para-hydroxylation sites is 1. The number of rotatable bonds is 2. The number of carbonyl (C=O) groups excluding carboxylic acids is 1. The number of anilines is 1. The summed E-state index contributed by atoms with van der Waals surface area (Å²) < 4.78 is 20.3. The van der Waals surface area contributed by atoms with Gasteiger partial charge in [0.1, 0.15) is 11.4 Å². The number of thiazole rings is 1. The van der Waals surface area contributed by atoms with Crippen molar-refractivity contribution in [3.63, 3.8) is 0 Å². The zero-order valence-electron chi connectivity index (χ0n) is 16.2. The van der Waals surface area contributed by atoms with Crippen molar-refractivity contribution < 1.29 is 13.6 Å². The van der Waals surface area contributed by atoms with Crippen molar-refractivity contribution in [2.75, 3.05) is 4.90 Å². The summed E-state index contributed by atoms with van der Waals surface area (Å²) in [5, 5.41) is 1.20. The summed E-state index contributed by atoms with van der Waals surface area (Å²) in [6, 6.07) is 17.3. The highest BCUT2D eigenvalue weighted by Crippen LogP contribution is 2.44. The van der Waals surface area contributed by atoms with Crippen molar-refractivity contribution in [2.24, 2.45) is 0 Å². The molecule has 1 atom stereocenters. The van der Waals surface area contributed by atoms with Gasteiger partial charge in [-0.1, -0.05) is 47.2 Å². The zero-order chi connectivity index (χ0) is 22.0. The van der Waals surface area contributed by atoms with Crippen molar-refractivity contribution in [3.05, 3.63) is 105 Å². The monoisotopic (exact) mass is 462 g/mol. The van der Waals surface area contributed by atoms with Gasteiger partial charge in [0.25, 0.3) is 5.91 Å². The average Bonchev–Trinajstić information content (AvgIpc) is 3.32. The molecule has 0 aliphatic carbocycles. The molecule has 0 saturated heterocycles. The van der Waals surface area contributed by atoms with Gasteiger partial charge < -0.3 is 4.42 Å². The topological polar surface area (TPSA) is 63.4 Å². The second kappa shape index (κ2) is 6.98. The smallest absolute Gasteiger partial charge is 0.297 e. The van der Waals surface area contributed by atoms with Crippen LogP contribution >= 0.6 is 22.9 Å². The van der Waals surface area contributed by atoms with Gasteiger partial charge in [0.2, 0.25) is 5.76 Å². The number of aromatic nitrogens is 1. The molecule has 156 valence electrons. The molecule has 8 heteroatoms. The van der Waals surface area contributed by atoms with E-state index >= 15 is 0 Å². The van der Waals surface area contributed by atoms with Crippen molar-refractivity contribution in [2.45, 2.75) is 6.04 Å². The molecule has 0 fully saturated rings. The van der Waals surface area contributed by atoms with E-state index in [0.717, 1.165) is 0 Å². The first-order chi connectivity index (χ1) is 15.5. The Morgan fingerprint density at radius 1 is 1.03 bits per heavy atom. The van der Waals surface area contributed by atoms with Gasteiger partial charge >= 0.3 is 0 Å². The molecule has 1 aliphatic rings. The highest BCUT2D eigenvalue weighted by atomic mass is 35.5. The van der Waals surface area contributed by atoms with E-state index in [1.807, 2.05) is 0 Å². The number of fused-ring (bicyclic) bond motifs is 3. The van der Waals surface area contributed by atoms with E-state index in [0.29, 0.717) is 36.9 Å². The van der Waals surface area contributed by atoms with Gasteiger partial charge in [-0.05, 0) is 48.0 Å². The maximum absolute atomic E-state index is 13.7. The Morgan fingerprint density at radius 2 is 1.88 bits per heavy atom. The maximum Gasteiger partial charge on any atom is 0.297 e. The summed E-state index contributed by atoms with van der Waals surface area (Å²) in [6.07, 6.45) is 0. The predicted octanol–water partition coefficient (Wildman–Crippen LogP) is 5.95. The van der Waals surface area contributed by atoms with E-state index in [1.54, 1.807) is 54.6 Å². The van der Waals surface area contributed by atoms with Gasteiger partial charge in [-0.15, -0.1) is 0 Å². The molecule has 6 rings (SSSR count). The maximum atomic E-state index is 13.7. The number of amides is 1. The van der Waals surface area contributed by atoms with Gasteiger partial charge in [0.05, 0.1) is 27.2 Å². The minimum absolute atomic E-state index is 0.0240. The van der Waals surface area contributed by atoms with Crippen LogP contribution in [0.5, 0.6) is 0 Å². The van der Waals surface area contributed by atoms with Gasteiger partial charge in [-0.3, -0.25) is 14.5 Å². The lowest BCUT2D eigenvalue weighted by molar-refractivity contribution is 0.0971. The van der Waals surface area contributed by atoms with E-state index in [-0.39, 0.29) is 16.8 Å². The van der Waals surface area contributed by atoms with Crippen molar-refractivity contribution >= 4 is 55.2 Å². The second-order valence-corrected chi connectivity index (χ2v) is 8.86. The molecule has 0 radical (unpaired) electrons. The van der Waals surface area contributed by atoms with Crippen LogP contribution < -0.4 is 10.3 Å². The van der Waals surface area contributed by atoms with Crippen molar-refractivity contribution in [1.82, 2.24) is 4.98 Å². The Hall–Kier alpha value is -3.55. The summed E-state index contributed by atoms with van der Waals surface area (Å²) >= 11 is 7.41. The van der Waals surface area contributed by atoms with Crippen LogP contribution in [0, 0.1) is 5.82 Å². The number of benzene rings is 3. The van der Waals surface area contributed by atoms with Gasteiger partial charge in [-0.25, -0.2) is 9.37 Å². The second-order valence-electron chi connectivity index (χ2n) is 7.41. The molecule has 0 saturated carbocycles. The quantitative estimate of drug-likeness (QED) is 0.325.